The summed E-state index contributed by atoms with van der Waals surface area (Å²) in [5.41, 5.74) is 8.28. The molecule has 0 aliphatic rings. The van der Waals surface area contributed by atoms with Crippen molar-refractivity contribution in [2.24, 2.45) is 5.73 Å². The van der Waals surface area contributed by atoms with Gasteiger partial charge in [0.2, 0.25) is 0 Å². The molecule has 0 amide bonds. The summed E-state index contributed by atoms with van der Waals surface area (Å²) in [6.45, 7) is 4.15. The maximum Gasteiger partial charge on any atom is 0.115 e. The number of phenols is 1. The van der Waals surface area contributed by atoms with Crippen LogP contribution in [-0.4, -0.2) is 5.11 Å². The lowest BCUT2D eigenvalue weighted by molar-refractivity contribution is 0.474. The molecule has 1 rings (SSSR count). The molecule has 1 atom stereocenters. The predicted octanol–water partition coefficient (Wildman–Crippen LogP) is 2.89. The molecule has 1 unspecified atom stereocenters. The zero-order valence-electron chi connectivity index (χ0n) is 8.96. The third-order valence-corrected chi connectivity index (χ3v) is 2.52. The van der Waals surface area contributed by atoms with Crippen LogP contribution in [0.5, 0.6) is 5.75 Å². The second-order valence-corrected chi connectivity index (χ2v) is 3.79. The van der Waals surface area contributed by atoms with E-state index in [9.17, 15) is 5.11 Å². The van der Waals surface area contributed by atoms with Crippen LogP contribution >= 0.6 is 0 Å². The van der Waals surface area contributed by atoms with Crippen LogP contribution in [0.25, 0.3) is 0 Å². The third-order valence-electron chi connectivity index (χ3n) is 2.52. The first-order valence-corrected chi connectivity index (χ1v) is 5.20. The number of aryl methyl sites for hydroxylation is 1. The lowest BCUT2D eigenvalue weighted by atomic mass is 9.97. The number of nitrogens with two attached hydrogens (primary N) is 1. The van der Waals surface area contributed by atoms with Gasteiger partial charge in [0.1, 0.15) is 5.75 Å². The van der Waals surface area contributed by atoms with Crippen molar-refractivity contribution < 1.29 is 5.11 Å². The van der Waals surface area contributed by atoms with Gasteiger partial charge in [-0.2, -0.15) is 0 Å². The molecule has 78 valence electrons. The van der Waals surface area contributed by atoms with Crippen molar-refractivity contribution in [3.05, 3.63) is 29.3 Å². The number of benzene rings is 1. The summed E-state index contributed by atoms with van der Waals surface area (Å²) >= 11 is 0. The van der Waals surface area contributed by atoms with Crippen molar-refractivity contribution in [2.75, 3.05) is 0 Å². The number of rotatable bonds is 4. The molecule has 1 aromatic rings. The first-order valence-electron chi connectivity index (χ1n) is 5.20. The molecule has 0 heterocycles. The summed E-state index contributed by atoms with van der Waals surface area (Å²) in [6.07, 6.45) is 3.34. The van der Waals surface area contributed by atoms with Gasteiger partial charge in [-0.3, -0.25) is 0 Å². The average molecular weight is 193 g/mol. The molecule has 2 nitrogen and oxygen atoms in total. The zero-order chi connectivity index (χ0) is 10.6. The molecule has 2 heteroatoms. The Morgan fingerprint density at radius 1 is 1.43 bits per heavy atom. The lowest BCUT2D eigenvalue weighted by Crippen LogP contribution is -2.11. The highest BCUT2D eigenvalue weighted by atomic mass is 16.3. The number of phenolic OH excluding ortho intramolecular Hbond substituents is 1. The molecular formula is C12H19NO. The molecule has 0 spiro atoms. The van der Waals surface area contributed by atoms with Gasteiger partial charge in [-0.1, -0.05) is 25.8 Å². The largest absolute Gasteiger partial charge is 0.508 e. The molecule has 0 radical (unpaired) electrons. The van der Waals surface area contributed by atoms with Crippen LogP contribution in [-0.2, 0) is 0 Å². The van der Waals surface area contributed by atoms with Crippen LogP contribution < -0.4 is 5.73 Å². The Hall–Kier alpha value is -1.02. The van der Waals surface area contributed by atoms with Gasteiger partial charge in [0, 0.05) is 6.04 Å². The van der Waals surface area contributed by atoms with Gasteiger partial charge in [0.05, 0.1) is 0 Å². The fourth-order valence-corrected chi connectivity index (χ4v) is 1.66. The fraction of sp³-hybridized carbons (Fsp3) is 0.500. The predicted molar refractivity (Wildman–Crippen MR) is 59.3 cm³/mol. The lowest BCUT2D eigenvalue weighted by Gasteiger charge is -2.14. The maximum atomic E-state index is 9.25. The molecule has 0 bridgehead atoms. The summed E-state index contributed by atoms with van der Waals surface area (Å²) < 4.78 is 0. The van der Waals surface area contributed by atoms with Crippen LogP contribution in [0.4, 0.5) is 0 Å². The first-order chi connectivity index (χ1) is 6.65. The first kappa shape index (κ1) is 11.1. The Kier molecular flexibility index (Phi) is 3.96. The standard InChI is InChI=1S/C12H19NO/c1-3-4-5-12(13)11-7-6-10(14)8-9(11)2/h6-8,12,14H,3-5,13H2,1-2H3. The summed E-state index contributed by atoms with van der Waals surface area (Å²) in [4.78, 5) is 0. The summed E-state index contributed by atoms with van der Waals surface area (Å²) in [5.74, 6) is 0.314. The molecule has 0 saturated carbocycles. The normalized spacial score (nSPS) is 12.8. The van der Waals surface area contributed by atoms with E-state index in [1.807, 2.05) is 13.0 Å². The Labute approximate surface area is 85.8 Å². The monoisotopic (exact) mass is 193 g/mol. The molecule has 14 heavy (non-hydrogen) atoms. The van der Waals surface area contributed by atoms with E-state index in [4.69, 9.17) is 5.73 Å². The van der Waals surface area contributed by atoms with E-state index in [0.717, 1.165) is 24.0 Å². The zero-order valence-corrected chi connectivity index (χ0v) is 8.96. The van der Waals surface area contributed by atoms with Crippen LogP contribution in [0, 0.1) is 6.92 Å². The molecule has 1 aromatic carbocycles. The van der Waals surface area contributed by atoms with Crippen molar-refractivity contribution in [1.29, 1.82) is 0 Å². The Morgan fingerprint density at radius 2 is 2.14 bits per heavy atom. The molecule has 0 aromatic heterocycles. The van der Waals surface area contributed by atoms with Gasteiger partial charge in [0.15, 0.2) is 0 Å². The third kappa shape index (κ3) is 2.74. The summed E-state index contributed by atoms with van der Waals surface area (Å²) in [5, 5.41) is 9.25. The van der Waals surface area contributed by atoms with Crippen molar-refractivity contribution in [2.45, 2.75) is 39.2 Å². The minimum absolute atomic E-state index is 0.107. The van der Waals surface area contributed by atoms with Crippen molar-refractivity contribution in [3.63, 3.8) is 0 Å². The van der Waals surface area contributed by atoms with Crippen molar-refractivity contribution >= 4 is 0 Å². The molecule has 0 aliphatic heterocycles. The fourth-order valence-electron chi connectivity index (χ4n) is 1.66. The molecule has 0 aliphatic carbocycles. The van der Waals surface area contributed by atoms with E-state index in [2.05, 4.69) is 6.92 Å². The van der Waals surface area contributed by atoms with Crippen LogP contribution in [0.1, 0.15) is 43.4 Å². The number of hydrogen-bond donors (Lipinski definition) is 2. The Balaban J connectivity index is 2.74. The maximum absolute atomic E-state index is 9.25. The smallest absolute Gasteiger partial charge is 0.115 e. The number of unbranched alkanes of at least 4 members (excludes halogenated alkanes) is 1. The highest BCUT2D eigenvalue weighted by Gasteiger charge is 2.08. The number of aromatic hydroxyl groups is 1. The highest BCUT2D eigenvalue weighted by molar-refractivity contribution is 5.35. The van der Waals surface area contributed by atoms with Crippen LogP contribution in [0.2, 0.25) is 0 Å². The Morgan fingerprint density at radius 3 is 2.71 bits per heavy atom. The van der Waals surface area contributed by atoms with Gasteiger partial charge >= 0.3 is 0 Å². The van der Waals surface area contributed by atoms with E-state index in [-0.39, 0.29) is 6.04 Å². The molecule has 0 saturated heterocycles. The van der Waals surface area contributed by atoms with Gasteiger partial charge in [-0.05, 0) is 36.6 Å². The highest BCUT2D eigenvalue weighted by Crippen LogP contribution is 2.23. The molecule has 3 N–H and O–H groups in total. The van der Waals surface area contributed by atoms with Crippen LogP contribution in [0.15, 0.2) is 18.2 Å². The average Bonchev–Trinajstić information content (AvgIpc) is 2.14. The van der Waals surface area contributed by atoms with E-state index in [1.165, 1.54) is 6.42 Å². The molecule has 0 fully saturated rings. The topological polar surface area (TPSA) is 46.2 Å². The second kappa shape index (κ2) is 5.01. The summed E-state index contributed by atoms with van der Waals surface area (Å²) in [6, 6.07) is 5.50. The second-order valence-electron chi connectivity index (χ2n) is 3.79. The van der Waals surface area contributed by atoms with Gasteiger partial charge < -0.3 is 10.8 Å². The van der Waals surface area contributed by atoms with E-state index >= 15 is 0 Å². The van der Waals surface area contributed by atoms with Gasteiger partial charge in [-0.25, -0.2) is 0 Å². The van der Waals surface area contributed by atoms with E-state index in [0.29, 0.717) is 5.75 Å². The van der Waals surface area contributed by atoms with Gasteiger partial charge in [-0.15, -0.1) is 0 Å². The van der Waals surface area contributed by atoms with Crippen molar-refractivity contribution in [1.82, 2.24) is 0 Å². The van der Waals surface area contributed by atoms with E-state index < -0.39 is 0 Å². The summed E-state index contributed by atoms with van der Waals surface area (Å²) in [7, 11) is 0. The van der Waals surface area contributed by atoms with Crippen LogP contribution in [0.3, 0.4) is 0 Å². The van der Waals surface area contributed by atoms with Gasteiger partial charge in [0.25, 0.3) is 0 Å². The quantitative estimate of drug-likeness (QED) is 0.772. The number of hydrogen-bond acceptors (Lipinski definition) is 2. The molecular weight excluding hydrogens is 174 g/mol. The van der Waals surface area contributed by atoms with Crippen molar-refractivity contribution in [3.8, 4) is 5.75 Å². The Bertz CT molecular complexity index is 296. The van der Waals surface area contributed by atoms with E-state index in [1.54, 1.807) is 12.1 Å². The minimum atomic E-state index is 0.107. The minimum Gasteiger partial charge on any atom is -0.508 e. The SMILES string of the molecule is CCCCC(N)c1ccc(O)cc1C.